The molecule has 0 bridgehead atoms. The van der Waals surface area contributed by atoms with Crippen LogP contribution in [0.1, 0.15) is 37.6 Å². The molecule has 6 nitrogen and oxygen atoms in total. The van der Waals surface area contributed by atoms with Gasteiger partial charge in [-0.15, -0.1) is 12.4 Å². The topological polar surface area (TPSA) is 85.2 Å². The number of hydrogen-bond acceptors (Lipinski definition) is 5. The van der Waals surface area contributed by atoms with Gasteiger partial charge in [0.05, 0.1) is 5.54 Å². The van der Waals surface area contributed by atoms with Crippen LogP contribution in [0.2, 0.25) is 0 Å². The van der Waals surface area contributed by atoms with Crippen LogP contribution in [0.4, 0.5) is 5.69 Å². The van der Waals surface area contributed by atoms with Crippen LogP contribution in [0.15, 0.2) is 22.7 Å². The van der Waals surface area contributed by atoms with Crippen molar-refractivity contribution in [3.8, 4) is 11.5 Å². The molecule has 7 heteroatoms. The van der Waals surface area contributed by atoms with Gasteiger partial charge < -0.3 is 15.2 Å². The van der Waals surface area contributed by atoms with Crippen molar-refractivity contribution < 1.29 is 9.32 Å². The van der Waals surface area contributed by atoms with Crippen LogP contribution >= 0.6 is 12.4 Å². The molecule has 1 aliphatic heterocycles. The van der Waals surface area contributed by atoms with E-state index >= 15 is 0 Å². The Morgan fingerprint density at radius 2 is 2.17 bits per heavy atom. The Kier molecular flexibility index (Phi) is 3.90. The Hall–Kier alpha value is -1.92. The lowest BCUT2D eigenvalue weighted by molar-refractivity contribution is -0.116. The maximum atomic E-state index is 11.6. The molecule has 2 aromatic rings. The molecule has 2 N–H and O–H groups in total. The van der Waals surface area contributed by atoms with E-state index in [2.05, 4.69) is 10.1 Å². The van der Waals surface area contributed by atoms with E-state index in [1.54, 1.807) is 11.8 Å². The molecule has 1 aromatic carbocycles. The summed E-state index contributed by atoms with van der Waals surface area (Å²) >= 11 is 0. The number of aromatic nitrogens is 2. The average Bonchev–Trinajstić information content (AvgIpc) is 3.10. The smallest absolute Gasteiger partial charge is 0.258 e. The summed E-state index contributed by atoms with van der Waals surface area (Å²) in [7, 11) is 0. The van der Waals surface area contributed by atoms with Crippen LogP contribution in [0, 0.1) is 0 Å². The van der Waals surface area contributed by atoms with Crippen LogP contribution in [-0.4, -0.2) is 22.6 Å². The molecule has 1 amide bonds. The molecule has 0 atom stereocenters. The minimum atomic E-state index is -0.413. The van der Waals surface area contributed by atoms with E-state index in [4.69, 9.17) is 10.3 Å². The number of nitrogens with zero attached hydrogens (tertiary/aromatic N) is 3. The predicted molar refractivity (Wildman–Crippen MR) is 88.4 cm³/mol. The predicted octanol–water partition coefficient (Wildman–Crippen LogP) is 2.41. The van der Waals surface area contributed by atoms with Gasteiger partial charge in [-0.3, -0.25) is 4.79 Å². The van der Waals surface area contributed by atoms with Crippen molar-refractivity contribution in [1.29, 1.82) is 0 Å². The standard InChI is InChI=1S/C16H18N4O2.ClH/c1-10(21)20-8-5-11-9-12(3-4-13(11)20)14-18-15(19-22-14)16(17)6-2-7-16;/h3-4,9H,2,5-8,17H2,1H3;1H. The second-order valence-corrected chi connectivity index (χ2v) is 6.20. The van der Waals surface area contributed by atoms with Crippen molar-refractivity contribution in [2.45, 2.75) is 38.1 Å². The average molecular weight is 335 g/mol. The van der Waals surface area contributed by atoms with Gasteiger partial charge in [0.25, 0.3) is 5.89 Å². The fraction of sp³-hybridized carbons (Fsp3) is 0.438. The van der Waals surface area contributed by atoms with Gasteiger partial charge in [0.2, 0.25) is 5.91 Å². The summed E-state index contributed by atoms with van der Waals surface area (Å²) in [6.45, 7) is 2.32. The van der Waals surface area contributed by atoms with Crippen LogP contribution in [-0.2, 0) is 16.8 Å². The molecular formula is C16H19ClN4O2. The van der Waals surface area contributed by atoms with Gasteiger partial charge in [0.15, 0.2) is 5.82 Å². The van der Waals surface area contributed by atoms with E-state index in [9.17, 15) is 4.79 Å². The number of carbonyl (C=O) groups is 1. The second kappa shape index (κ2) is 5.62. The molecular weight excluding hydrogens is 316 g/mol. The third kappa shape index (κ3) is 2.52. The number of anilines is 1. The SMILES string of the molecule is CC(=O)N1CCc2cc(-c3nc(C4(N)CCC4)no3)ccc21.Cl. The lowest BCUT2D eigenvalue weighted by atomic mass is 9.77. The number of benzene rings is 1. The Bertz CT molecular complexity index is 754. The van der Waals surface area contributed by atoms with Gasteiger partial charge in [0, 0.05) is 24.7 Å². The summed E-state index contributed by atoms with van der Waals surface area (Å²) in [5.41, 5.74) is 8.81. The minimum absolute atomic E-state index is 0. The minimum Gasteiger partial charge on any atom is -0.334 e. The van der Waals surface area contributed by atoms with Gasteiger partial charge in [-0.2, -0.15) is 4.98 Å². The number of carbonyl (C=O) groups excluding carboxylic acids is 1. The monoisotopic (exact) mass is 334 g/mol. The molecule has 122 valence electrons. The Morgan fingerprint density at radius 1 is 1.39 bits per heavy atom. The maximum Gasteiger partial charge on any atom is 0.258 e. The number of halogens is 1. The zero-order valence-corrected chi connectivity index (χ0v) is 13.7. The van der Waals surface area contributed by atoms with Crippen LogP contribution < -0.4 is 10.6 Å². The number of nitrogens with two attached hydrogens (primary N) is 1. The van der Waals surface area contributed by atoms with E-state index in [0.29, 0.717) is 11.7 Å². The molecule has 0 radical (unpaired) electrons. The first-order valence-electron chi connectivity index (χ1n) is 7.61. The van der Waals surface area contributed by atoms with Gasteiger partial charge in [-0.1, -0.05) is 5.16 Å². The first-order valence-corrected chi connectivity index (χ1v) is 7.61. The molecule has 0 spiro atoms. The maximum absolute atomic E-state index is 11.6. The third-order valence-electron chi connectivity index (χ3n) is 4.72. The highest BCUT2D eigenvalue weighted by Crippen LogP contribution is 2.38. The quantitative estimate of drug-likeness (QED) is 0.911. The highest BCUT2D eigenvalue weighted by atomic mass is 35.5. The molecule has 2 heterocycles. The summed E-state index contributed by atoms with van der Waals surface area (Å²) in [6.07, 6.45) is 3.78. The van der Waals surface area contributed by atoms with Gasteiger partial charge >= 0.3 is 0 Å². The fourth-order valence-electron chi connectivity index (χ4n) is 3.19. The lowest BCUT2D eigenvalue weighted by Crippen LogP contribution is -2.44. The van der Waals surface area contributed by atoms with Crippen molar-refractivity contribution in [2.24, 2.45) is 5.73 Å². The Morgan fingerprint density at radius 3 is 2.83 bits per heavy atom. The number of rotatable bonds is 2. The highest BCUT2D eigenvalue weighted by Gasteiger charge is 2.39. The summed E-state index contributed by atoms with van der Waals surface area (Å²) in [5, 5.41) is 4.05. The van der Waals surface area contributed by atoms with E-state index in [1.165, 1.54) is 0 Å². The van der Waals surface area contributed by atoms with Gasteiger partial charge in [-0.25, -0.2) is 0 Å². The van der Waals surface area contributed by atoms with Crippen molar-refractivity contribution in [3.05, 3.63) is 29.6 Å². The van der Waals surface area contributed by atoms with E-state index in [1.807, 2.05) is 18.2 Å². The van der Waals surface area contributed by atoms with Crippen molar-refractivity contribution in [3.63, 3.8) is 0 Å². The molecule has 1 aromatic heterocycles. The van der Waals surface area contributed by atoms with Crippen molar-refractivity contribution >= 4 is 24.0 Å². The second-order valence-electron chi connectivity index (χ2n) is 6.20. The zero-order valence-electron chi connectivity index (χ0n) is 12.9. The molecule has 1 saturated carbocycles. The van der Waals surface area contributed by atoms with E-state index in [-0.39, 0.29) is 18.3 Å². The van der Waals surface area contributed by atoms with Gasteiger partial charge in [0.1, 0.15) is 0 Å². The van der Waals surface area contributed by atoms with Crippen molar-refractivity contribution in [1.82, 2.24) is 10.1 Å². The highest BCUT2D eigenvalue weighted by molar-refractivity contribution is 5.94. The first kappa shape index (κ1) is 16.0. The zero-order chi connectivity index (χ0) is 15.3. The largest absolute Gasteiger partial charge is 0.334 e. The normalized spacial score (nSPS) is 18.1. The third-order valence-corrected chi connectivity index (χ3v) is 4.72. The Labute approximate surface area is 140 Å². The number of hydrogen-bond donors (Lipinski definition) is 1. The number of amides is 1. The number of fused-ring (bicyclic) bond motifs is 1. The summed E-state index contributed by atoms with van der Waals surface area (Å²) in [5.74, 6) is 1.16. The van der Waals surface area contributed by atoms with Crippen LogP contribution in [0.5, 0.6) is 0 Å². The van der Waals surface area contributed by atoms with Crippen molar-refractivity contribution in [2.75, 3.05) is 11.4 Å². The first-order chi connectivity index (χ1) is 10.6. The summed E-state index contributed by atoms with van der Waals surface area (Å²) in [4.78, 5) is 17.9. The molecule has 4 rings (SSSR count). The molecule has 2 aliphatic rings. The molecule has 0 unspecified atom stereocenters. The Balaban J connectivity index is 0.00000156. The van der Waals surface area contributed by atoms with E-state index < -0.39 is 5.54 Å². The van der Waals surface area contributed by atoms with Gasteiger partial charge in [-0.05, 0) is 49.4 Å². The molecule has 1 aliphatic carbocycles. The van der Waals surface area contributed by atoms with Crippen LogP contribution in [0.3, 0.4) is 0 Å². The lowest BCUT2D eigenvalue weighted by Gasteiger charge is -2.34. The molecule has 0 saturated heterocycles. The summed E-state index contributed by atoms with van der Waals surface area (Å²) in [6, 6.07) is 5.89. The summed E-state index contributed by atoms with van der Waals surface area (Å²) < 4.78 is 5.39. The molecule has 23 heavy (non-hydrogen) atoms. The van der Waals surface area contributed by atoms with E-state index in [0.717, 1.165) is 49.0 Å². The fourth-order valence-corrected chi connectivity index (χ4v) is 3.19. The molecule has 1 fully saturated rings. The van der Waals surface area contributed by atoms with Crippen LogP contribution in [0.25, 0.3) is 11.5 Å².